The number of allylic oxidation sites excluding steroid dienone is 1. The van der Waals surface area contributed by atoms with Crippen molar-refractivity contribution in [2.75, 3.05) is 0 Å². The van der Waals surface area contributed by atoms with Gasteiger partial charge in [0.2, 0.25) is 6.04 Å². The molecule has 0 aromatic carbocycles. The van der Waals surface area contributed by atoms with E-state index < -0.39 is 12.1 Å². The molecule has 0 amide bonds. The Labute approximate surface area is 140 Å². The van der Waals surface area contributed by atoms with Crippen molar-refractivity contribution in [1.29, 1.82) is 0 Å². The van der Waals surface area contributed by atoms with Crippen LogP contribution in [0.25, 0.3) is 0 Å². The molecule has 0 aliphatic carbocycles. The van der Waals surface area contributed by atoms with Crippen molar-refractivity contribution in [1.82, 2.24) is 0 Å². The molecular formula is C18H32NO4. The largest absolute Gasteiger partial charge is 0.386 e. The summed E-state index contributed by atoms with van der Waals surface area (Å²) in [6, 6.07) is -0.901. The Kier molecular flexibility index (Phi) is 14.8. The fourth-order valence-electron chi connectivity index (χ4n) is 2.52. The summed E-state index contributed by atoms with van der Waals surface area (Å²) in [6.07, 6.45) is 15.0. The van der Waals surface area contributed by atoms with Gasteiger partial charge in [0.05, 0.1) is 0 Å². The Hall–Kier alpha value is -1.23. The molecule has 2 unspecified atom stereocenters. The van der Waals surface area contributed by atoms with Gasteiger partial charge in [-0.1, -0.05) is 57.6 Å². The summed E-state index contributed by atoms with van der Waals surface area (Å²) in [5.74, 6) is 0. The summed E-state index contributed by atoms with van der Waals surface area (Å²) in [5.41, 5.74) is 0. The zero-order chi connectivity index (χ0) is 17.3. The van der Waals surface area contributed by atoms with Crippen molar-refractivity contribution >= 4 is 6.29 Å². The standard InChI is InChI=1S/C18H32NO4/c1-2-3-4-5-8-11-14-17(19(22)23)18(21)15-12-9-6-7-10-13-16-20/h8,11,17-18,21H,2-7,9-10,12-15H2,1H3/b11-8-. The highest BCUT2D eigenvalue weighted by atomic mass is 16.6. The summed E-state index contributed by atoms with van der Waals surface area (Å²) in [5, 5.41) is 21.1. The highest BCUT2D eigenvalue weighted by Crippen LogP contribution is 2.14. The highest BCUT2D eigenvalue weighted by Gasteiger charge is 2.27. The summed E-state index contributed by atoms with van der Waals surface area (Å²) in [7, 11) is 0. The smallest absolute Gasteiger partial charge is 0.241 e. The maximum atomic E-state index is 11.1. The molecule has 0 saturated carbocycles. The SMILES string of the molecule is CCCCC/C=C\CC(C(O)CCCCCCC[C]=O)[N+](=O)[O-]. The second kappa shape index (κ2) is 15.7. The van der Waals surface area contributed by atoms with Gasteiger partial charge in [-0.25, -0.2) is 0 Å². The van der Waals surface area contributed by atoms with Crippen LogP contribution >= 0.6 is 0 Å². The molecule has 0 bridgehead atoms. The minimum absolute atomic E-state index is 0.301. The molecule has 2 atom stereocenters. The van der Waals surface area contributed by atoms with Crippen molar-refractivity contribution in [3.05, 3.63) is 22.3 Å². The van der Waals surface area contributed by atoms with Gasteiger partial charge in [-0.15, -0.1) is 0 Å². The number of nitro groups is 1. The molecule has 1 radical (unpaired) electrons. The van der Waals surface area contributed by atoms with E-state index in [2.05, 4.69) is 6.92 Å². The predicted octanol–water partition coefficient (Wildman–Crippen LogP) is 4.36. The number of unbranched alkanes of at least 4 members (excludes halogenated alkanes) is 8. The van der Waals surface area contributed by atoms with Crippen LogP contribution in [0.5, 0.6) is 0 Å². The number of aliphatic hydroxyl groups is 1. The van der Waals surface area contributed by atoms with E-state index in [0.29, 0.717) is 19.3 Å². The van der Waals surface area contributed by atoms with Crippen LogP contribution in [0.3, 0.4) is 0 Å². The van der Waals surface area contributed by atoms with Gasteiger partial charge in [-0.2, -0.15) is 0 Å². The van der Waals surface area contributed by atoms with Crippen LogP contribution < -0.4 is 0 Å². The van der Waals surface area contributed by atoms with Crippen LogP contribution in [-0.4, -0.2) is 28.5 Å². The van der Waals surface area contributed by atoms with Crippen LogP contribution in [0.1, 0.15) is 84.0 Å². The second-order valence-electron chi connectivity index (χ2n) is 6.07. The Morgan fingerprint density at radius 1 is 1.09 bits per heavy atom. The molecule has 0 aliphatic heterocycles. The predicted molar refractivity (Wildman–Crippen MR) is 92.7 cm³/mol. The van der Waals surface area contributed by atoms with Crippen molar-refractivity contribution in [3.63, 3.8) is 0 Å². The number of aliphatic hydroxyl groups excluding tert-OH is 1. The molecule has 133 valence electrons. The van der Waals surface area contributed by atoms with E-state index >= 15 is 0 Å². The molecule has 5 nitrogen and oxygen atoms in total. The van der Waals surface area contributed by atoms with Crippen LogP contribution in [0.4, 0.5) is 0 Å². The van der Waals surface area contributed by atoms with Gasteiger partial charge in [0.25, 0.3) is 0 Å². The minimum Gasteiger partial charge on any atom is -0.386 e. The summed E-state index contributed by atoms with van der Waals surface area (Å²) in [6.45, 7) is 2.14. The van der Waals surface area contributed by atoms with E-state index in [1.807, 2.05) is 18.4 Å². The third-order valence-corrected chi connectivity index (χ3v) is 4.01. The van der Waals surface area contributed by atoms with E-state index in [1.54, 1.807) is 0 Å². The monoisotopic (exact) mass is 326 g/mol. The first-order valence-electron chi connectivity index (χ1n) is 8.95. The fraction of sp³-hybridized carbons (Fsp3) is 0.833. The molecule has 1 N–H and O–H groups in total. The van der Waals surface area contributed by atoms with E-state index in [1.165, 1.54) is 6.42 Å². The lowest BCUT2D eigenvalue weighted by molar-refractivity contribution is -0.533. The molecule has 0 aromatic rings. The highest BCUT2D eigenvalue weighted by molar-refractivity contribution is 5.50. The van der Waals surface area contributed by atoms with Crippen LogP contribution in [0.15, 0.2) is 12.2 Å². The number of hydrogen-bond donors (Lipinski definition) is 1. The molecule has 5 heteroatoms. The molecule has 0 fully saturated rings. The van der Waals surface area contributed by atoms with Crippen molar-refractivity contribution in [2.45, 2.75) is 96.1 Å². The average Bonchev–Trinajstić information content (AvgIpc) is 2.52. The van der Waals surface area contributed by atoms with E-state index in [-0.39, 0.29) is 4.92 Å². The number of hydrogen-bond acceptors (Lipinski definition) is 4. The van der Waals surface area contributed by atoms with E-state index in [4.69, 9.17) is 0 Å². The number of nitrogens with zero attached hydrogens (tertiary/aromatic N) is 1. The molecule has 0 saturated heterocycles. The number of carbonyl (C=O) groups excluding carboxylic acids is 1. The van der Waals surface area contributed by atoms with Gasteiger partial charge in [0, 0.05) is 17.8 Å². The zero-order valence-corrected chi connectivity index (χ0v) is 14.4. The van der Waals surface area contributed by atoms with Gasteiger partial charge in [-0.3, -0.25) is 14.9 Å². The van der Waals surface area contributed by atoms with E-state index in [0.717, 1.165) is 51.4 Å². The van der Waals surface area contributed by atoms with Crippen molar-refractivity contribution in [2.24, 2.45) is 0 Å². The van der Waals surface area contributed by atoms with Crippen molar-refractivity contribution < 1.29 is 14.8 Å². The van der Waals surface area contributed by atoms with Gasteiger partial charge >= 0.3 is 0 Å². The maximum Gasteiger partial charge on any atom is 0.241 e. The molecule has 0 aliphatic rings. The molecule has 0 heterocycles. The third kappa shape index (κ3) is 13.0. The first-order valence-corrected chi connectivity index (χ1v) is 8.95. The lowest BCUT2D eigenvalue weighted by Gasteiger charge is -2.14. The van der Waals surface area contributed by atoms with Gasteiger partial charge < -0.3 is 5.11 Å². The fourth-order valence-corrected chi connectivity index (χ4v) is 2.52. The van der Waals surface area contributed by atoms with Crippen molar-refractivity contribution in [3.8, 4) is 0 Å². The first kappa shape index (κ1) is 21.8. The summed E-state index contributed by atoms with van der Waals surface area (Å²) in [4.78, 5) is 20.8. The minimum atomic E-state index is -0.901. The first-order chi connectivity index (χ1) is 11.1. The third-order valence-electron chi connectivity index (χ3n) is 4.01. The molecular weight excluding hydrogens is 294 g/mol. The summed E-state index contributed by atoms with van der Waals surface area (Å²) < 4.78 is 0. The van der Waals surface area contributed by atoms with Crippen LogP contribution in [-0.2, 0) is 4.79 Å². The van der Waals surface area contributed by atoms with Crippen LogP contribution in [0, 0.1) is 10.1 Å². The van der Waals surface area contributed by atoms with Gasteiger partial charge in [-0.05, 0) is 25.7 Å². The topological polar surface area (TPSA) is 80.4 Å². The Balaban J connectivity index is 3.89. The summed E-state index contributed by atoms with van der Waals surface area (Å²) >= 11 is 0. The molecule has 0 aromatic heterocycles. The van der Waals surface area contributed by atoms with Gasteiger partial charge in [0.1, 0.15) is 6.10 Å². The lowest BCUT2D eigenvalue weighted by Crippen LogP contribution is -2.33. The zero-order valence-electron chi connectivity index (χ0n) is 14.4. The molecule has 0 spiro atoms. The normalized spacial score (nSPS) is 14.0. The Morgan fingerprint density at radius 3 is 2.43 bits per heavy atom. The van der Waals surface area contributed by atoms with Crippen LogP contribution in [0.2, 0.25) is 0 Å². The quantitative estimate of drug-likeness (QED) is 0.198. The van der Waals surface area contributed by atoms with E-state index in [9.17, 15) is 20.0 Å². The average molecular weight is 326 g/mol. The Bertz CT molecular complexity index is 331. The molecule has 23 heavy (non-hydrogen) atoms. The molecule has 0 rings (SSSR count). The second-order valence-corrected chi connectivity index (χ2v) is 6.07. The number of rotatable bonds is 16. The maximum absolute atomic E-state index is 11.1. The lowest BCUT2D eigenvalue weighted by atomic mass is 10.0. The Morgan fingerprint density at radius 2 is 1.78 bits per heavy atom. The van der Waals surface area contributed by atoms with Gasteiger partial charge in [0.15, 0.2) is 6.29 Å².